The first-order chi connectivity index (χ1) is 16.4. The molecule has 3 aromatic carbocycles. The summed E-state index contributed by atoms with van der Waals surface area (Å²) in [4.78, 5) is 24.7. The Hall–Kier alpha value is -3.52. The lowest BCUT2D eigenvalue weighted by atomic mass is 10.0. The van der Waals surface area contributed by atoms with Gasteiger partial charge in [0.25, 0.3) is 11.8 Å². The van der Waals surface area contributed by atoms with Gasteiger partial charge in [0, 0.05) is 0 Å². The molecule has 0 bridgehead atoms. The van der Waals surface area contributed by atoms with Crippen molar-refractivity contribution in [2.24, 2.45) is 0 Å². The molecule has 0 aliphatic heterocycles. The molecule has 8 heteroatoms. The third kappa shape index (κ3) is 7.52. The fourth-order valence-corrected chi connectivity index (χ4v) is 3.49. The normalized spacial score (nSPS) is 10.5. The lowest BCUT2D eigenvalue weighted by Crippen LogP contribution is -2.44. The maximum absolute atomic E-state index is 12.6. The smallest absolute Gasteiger partial charge is 0.276 e. The highest BCUT2D eigenvalue weighted by Gasteiger charge is 2.14. The fraction of sp³-hybridized carbons (Fsp3) is 0.231. The van der Waals surface area contributed by atoms with Crippen LogP contribution in [-0.2, 0) is 4.79 Å². The Morgan fingerprint density at radius 1 is 0.824 bits per heavy atom. The number of nitrogens with one attached hydrogen (secondary N) is 2. The van der Waals surface area contributed by atoms with Crippen LogP contribution in [0.5, 0.6) is 17.2 Å². The zero-order chi connectivity index (χ0) is 24.3. The molecule has 2 N–H and O–H groups in total. The quantitative estimate of drug-likeness (QED) is 0.290. The third-order valence-corrected chi connectivity index (χ3v) is 5.40. The standard InChI is InChI=1S/C26H27BrN2O5/c1-18(2)19-12-13-24(22(27)16-19)34-17-25(30)28-29-26(31)21-10-6-7-11-23(21)33-15-14-32-20-8-4-3-5-9-20/h3-13,16,18H,14-15,17H2,1-2H3,(H,28,30)(H,29,31). The molecular weight excluding hydrogens is 500 g/mol. The SMILES string of the molecule is CC(C)c1ccc(OCC(=O)NNC(=O)c2ccccc2OCCOc2ccccc2)c(Br)c1. The summed E-state index contributed by atoms with van der Waals surface area (Å²) in [5.74, 6) is 1.05. The molecule has 0 unspecified atom stereocenters. The maximum Gasteiger partial charge on any atom is 0.276 e. The Bertz CT molecular complexity index is 1110. The first kappa shape index (κ1) is 25.1. The molecule has 7 nitrogen and oxygen atoms in total. The van der Waals surface area contributed by atoms with Gasteiger partial charge in [-0.05, 0) is 63.8 Å². The second-order valence-corrected chi connectivity index (χ2v) is 8.50. The average molecular weight is 527 g/mol. The van der Waals surface area contributed by atoms with Crippen LogP contribution >= 0.6 is 15.9 Å². The van der Waals surface area contributed by atoms with Gasteiger partial charge in [0.2, 0.25) is 0 Å². The van der Waals surface area contributed by atoms with E-state index >= 15 is 0 Å². The number of carbonyl (C=O) groups excluding carboxylic acids is 2. The lowest BCUT2D eigenvalue weighted by Gasteiger charge is -2.14. The van der Waals surface area contributed by atoms with E-state index in [1.165, 1.54) is 0 Å². The first-order valence-electron chi connectivity index (χ1n) is 10.8. The molecule has 3 aromatic rings. The zero-order valence-corrected chi connectivity index (χ0v) is 20.6. The summed E-state index contributed by atoms with van der Waals surface area (Å²) in [5.41, 5.74) is 6.19. The van der Waals surface area contributed by atoms with Crippen molar-refractivity contribution in [3.63, 3.8) is 0 Å². The zero-order valence-electron chi connectivity index (χ0n) is 19.0. The molecule has 0 aliphatic carbocycles. The van der Waals surface area contributed by atoms with Crippen LogP contribution in [0.1, 0.15) is 35.7 Å². The van der Waals surface area contributed by atoms with Crippen LogP contribution < -0.4 is 25.1 Å². The van der Waals surface area contributed by atoms with Crippen LogP contribution in [0.2, 0.25) is 0 Å². The Kier molecular flexibility index (Phi) is 9.34. The van der Waals surface area contributed by atoms with Crippen LogP contribution in [-0.4, -0.2) is 31.6 Å². The van der Waals surface area contributed by atoms with E-state index in [1.54, 1.807) is 30.3 Å². The van der Waals surface area contributed by atoms with Crippen molar-refractivity contribution in [1.29, 1.82) is 0 Å². The van der Waals surface area contributed by atoms with E-state index in [4.69, 9.17) is 14.2 Å². The Balaban J connectivity index is 1.45. The summed E-state index contributed by atoms with van der Waals surface area (Å²) >= 11 is 3.46. The lowest BCUT2D eigenvalue weighted by molar-refractivity contribution is -0.123. The van der Waals surface area contributed by atoms with Crippen LogP contribution in [0.4, 0.5) is 0 Å². The minimum Gasteiger partial charge on any atom is -0.490 e. The maximum atomic E-state index is 12.6. The molecular formula is C26H27BrN2O5. The van der Waals surface area contributed by atoms with E-state index in [1.807, 2.05) is 42.5 Å². The van der Waals surface area contributed by atoms with Crippen molar-refractivity contribution < 1.29 is 23.8 Å². The van der Waals surface area contributed by atoms with Gasteiger partial charge >= 0.3 is 0 Å². The van der Waals surface area contributed by atoms with E-state index < -0.39 is 11.8 Å². The van der Waals surface area contributed by atoms with Gasteiger partial charge in [-0.3, -0.25) is 20.4 Å². The van der Waals surface area contributed by atoms with Crippen LogP contribution in [0.15, 0.2) is 77.3 Å². The van der Waals surface area contributed by atoms with Gasteiger partial charge in [-0.25, -0.2) is 0 Å². The summed E-state index contributed by atoms with van der Waals surface area (Å²) in [7, 11) is 0. The second kappa shape index (κ2) is 12.6. The topological polar surface area (TPSA) is 85.9 Å². The molecule has 34 heavy (non-hydrogen) atoms. The van der Waals surface area contributed by atoms with Crippen molar-refractivity contribution in [2.45, 2.75) is 19.8 Å². The average Bonchev–Trinajstić information content (AvgIpc) is 2.85. The molecule has 0 aromatic heterocycles. The Morgan fingerprint density at radius 2 is 1.53 bits per heavy atom. The molecule has 0 fully saturated rings. The predicted octanol–water partition coefficient (Wildman–Crippen LogP) is 4.87. The van der Waals surface area contributed by atoms with E-state index in [0.29, 0.717) is 24.0 Å². The molecule has 0 spiro atoms. The molecule has 0 heterocycles. The van der Waals surface area contributed by atoms with Gasteiger partial charge in [0.1, 0.15) is 30.5 Å². The van der Waals surface area contributed by atoms with E-state index in [0.717, 1.165) is 15.8 Å². The number of halogens is 1. The number of para-hydroxylation sites is 2. The van der Waals surface area contributed by atoms with Gasteiger partial charge in [-0.2, -0.15) is 0 Å². The van der Waals surface area contributed by atoms with E-state index in [2.05, 4.69) is 40.6 Å². The number of rotatable bonds is 10. The second-order valence-electron chi connectivity index (χ2n) is 7.64. The number of ether oxygens (including phenoxy) is 3. The van der Waals surface area contributed by atoms with Gasteiger partial charge in [0.05, 0.1) is 10.0 Å². The van der Waals surface area contributed by atoms with Gasteiger partial charge in [0.15, 0.2) is 6.61 Å². The fourth-order valence-electron chi connectivity index (χ4n) is 2.97. The Labute approximate surface area is 207 Å². The summed E-state index contributed by atoms with van der Waals surface area (Å²) in [6.07, 6.45) is 0. The first-order valence-corrected chi connectivity index (χ1v) is 11.6. The van der Waals surface area contributed by atoms with Crippen LogP contribution in [0.3, 0.4) is 0 Å². The van der Waals surface area contributed by atoms with Crippen LogP contribution in [0, 0.1) is 0 Å². The van der Waals surface area contributed by atoms with Crippen LogP contribution in [0.25, 0.3) is 0 Å². The highest BCUT2D eigenvalue weighted by atomic mass is 79.9. The summed E-state index contributed by atoms with van der Waals surface area (Å²) in [6.45, 7) is 4.51. The summed E-state index contributed by atoms with van der Waals surface area (Å²) in [6, 6.07) is 21.9. The number of hydrazine groups is 1. The van der Waals surface area contributed by atoms with E-state index in [9.17, 15) is 9.59 Å². The minimum atomic E-state index is -0.504. The molecule has 178 valence electrons. The van der Waals surface area contributed by atoms with E-state index in [-0.39, 0.29) is 18.8 Å². The molecule has 2 amide bonds. The molecule has 0 saturated carbocycles. The number of hydrogen-bond acceptors (Lipinski definition) is 5. The highest BCUT2D eigenvalue weighted by Crippen LogP contribution is 2.28. The number of amides is 2. The molecule has 0 saturated heterocycles. The summed E-state index contributed by atoms with van der Waals surface area (Å²) < 4.78 is 17.6. The molecule has 0 atom stereocenters. The third-order valence-electron chi connectivity index (χ3n) is 4.78. The number of hydrogen-bond donors (Lipinski definition) is 2. The van der Waals surface area contributed by atoms with Gasteiger partial charge in [-0.15, -0.1) is 0 Å². The van der Waals surface area contributed by atoms with Crippen molar-refractivity contribution in [3.05, 3.63) is 88.4 Å². The molecule has 3 rings (SSSR count). The number of carbonyl (C=O) groups is 2. The molecule has 0 radical (unpaired) electrons. The minimum absolute atomic E-state index is 0.254. The van der Waals surface area contributed by atoms with Crippen molar-refractivity contribution in [1.82, 2.24) is 10.9 Å². The van der Waals surface area contributed by atoms with Gasteiger partial charge < -0.3 is 14.2 Å². The summed E-state index contributed by atoms with van der Waals surface area (Å²) in [5, 5.41) is 0. The molecule has 0 aliphatic rings. The number of benzene rings is 3. The Morgan fingerprint density at radius 3 is 2.26 bits per heavy atom. The largest absolute Gasteiger partial charge is 0.490 e. The monoisotopic (exact) mass is 526 g/mol. The van der Waals surface area contributed by atoms with Crippen molar-refractivity contribution >= 4 is 27.7 Å². The van der Waals surface area contributed by atoms with Gasteiger partial charge in [-0.1, -0.05) is 50.2 Å². The predicted molar refractivity (Wildman–Crippen MR) is 133 cm³/mol. The highest BCUT2D eigenvalue weighted by molar-refractivity contribution is 9.10. The van der Waals surface area contributed by atoms with Crippen molar-refractivity contribution in [2.75, 3.05) is 19.8 Å². The van der Waals surface area contributed by atoms with Crippen molar-refractivity contribution in [3.8, 4) is 17.2 Å².